The molecule has 1 aromatic rings. The fraction of sp³-hybridized carbons (Fsp3) is 0.462. The smallest absolute Gasteiger partial charge is 0.289 e. The normalized spacial score (nSPS) is 16.6. The van der Waals surface area contributed by atoms with Gasteiger partial charge in [0.15, 0.2) is 0 Å². The zero-order chi connectivity index (χ0) is 13.0. The van der Waals surface area contributed by atoms with Gasteiger partial charge in [-0.1, -0.05) is 6.07 Å². The molecule has 0 unspecified atom stereocenters. The first-order chi connectivity index (χ1) is 8.66. The summed E-state index contributed by atoms with van der Waals surface area (Å²) < 4.78 is 0. The number of nitrogens with zero attached hydrogens (tertiary/aromatic N) is 3. The van der Waals surface area contributed by atoms with Crippen LogP contribution in [0.25, 0.3) is 0 Å². The highest BCUT2D eigenvalue weighted by Gasteiger charge is 2.23. The number of rotatable bonds is 3. The fourth-order valence-electron chi connectivity index (χ4n) is 2.08. The molecular weight excluding hydrogens is 230 g/mol. The Labute approximate surface area is 106 Å². The fourth-order valence-corrected chi connectivity index (χ4v) is 2.08. The van der Waals surface area contributed by atoms with Crippen LogP contribution in [-0.4, -0.2) is 52.7 Å². The Bertz CT molecular complexity index is 425. The molecule has 0 spiro atoms. The number of piperazine rings is 1. The summed E-state index contributed by atoms with van der Waals surface area (Å²) in [5, 5.41) is 0. The quantitative estimate of drug-likeness (QED) is 0.722. The molecule has 1 saturated heterocycles. The van der Waals surface area contributed by atoms with Crippen molar-refractivity contribution in [2.24, 2.45) is 0 Å². The van der Waals surface area contributed by atoms with Crippen molar-refractivity contribution in [1.29, 1.82) is 0 Å². The van der Waals surface area contributed by atoms with Crippen molar-refractivity contribution in [3.63, 3.8) is 0 Å². The molecule has 0 radical (unpaired) electrons. The SMILES string of the molecule is CC(=O)C(=O)N1CCN(Cc2cccnc2)CC1. The molecular formula is C13H17N3O2. The molecule has 1 fully saturated rings. The van der Waals surface area contributed by atoms with Crippen molar-refractivity contribution in [3.05, 3.63) is 30.1 Å². The zero-order valence-electron chi connectivity index (χ0n) is 10.5. The van der Waals surface area contributed by atoms with Crippen LogP contribution < -0.4 is 0 Å². The number of carbonyl (C=O) groups is 2. The van der Waals surface area contributed by atoms with Crippen LogP contribution in [0.15, 0.2) is 24.5 Å². The monoisotopic (exact) mass is 247 g/mol. The number of amides is 1. The van der Waals surface area contributed by atoms with Crippen molar-refractivity contribution in [2.75, 3.05) is 26.2 Å². The van der Waals surface area contributed by atoms with Crippen molar-refractivity contribution in [2.45, 2.75) is 13.5 Å². The van der Waals surface area contributed by atoms with Gasteiger partial charge in [-0.2, -0.15) is 0 Å². The summed E-state index contributed by atoms with van der Waals surface area (Å²) in [5.41, 5.74) is 1.17. The minimum atomic E-state index is -0.379. The number of Topliss-reactive ketones (excluding diaryl/α,β-unsaturated/α-hetero) is 1. The average Bonchev–Trinajstić information content (AvgIpc) is 2.40. The van der Waals surface area contributed by atoms with E-state index in [1.807, 2.05) is 18.3 Å². The van der Waals surface area contributed by atoms with E-state index in [1.165, 1.54) is 12.5 Å². The average molecular weight is 247 g/mol. The first kappa shape index (κ1) is 12.7. The molecule has 1 aliphatic rings. The summed E-state index contributed by atoms with van der Waals surface area (Å²) >= 11 is 0. The molecule has 2 rings (SSSR count). The van der Waals surface area contributed by atoms with Gasteiger partial charge in [-0.25, -0.2) is 0 Å². The highest BCUT2D eigenvalue weighted by atomic mass is 16.2. The Balaban J connectivity index is 1.84. The molecule has 5 heteroatoms. The molecule has 1 aliphatic heterocycles. The molecule has 1 amide bonds. The van der Waals surface area contributed by atoms with Gasteiger partial charge in [0.05, 0.1) is 0 Å². The van der Waals surface area contributed by atoms with Crippen LogP contribution in [-0.2, 0) is 16.1 Å². The van der Waals surface area contributed by atoms with E-state index in [1.54, 1.807) is 11.1 Å². The van der Waals surface area contributed by atoms with E-state index in [0.29, 0.717) is 13.1 Å². The Morgan fingerprint density at radius 2 is 2.00 bits per heavy atom. The number of hydrogen-bond acceptors (Lipinski definition) is 4. The van der Waals surface area contributed by atoms with Crippen LogP contribution in [0.4, 0.5) is 0 Å². The maximum absolute atomic E-state index is 11.5. The van der Waals surface area contributed by atoms with E-state index in [2.05, 4.69) is 9.88 Å². The van der Waals surface area contributed by atoms with Gasteiger partial charge in [-0.3, -0.25) is 19.5 Å². The Kier molecular flexibility index (Phi) is 4.04. The molecule has 96 valence electrons. The van der Waals surface area contributed by atoms with Crippen LogP contribution in [0.2, 0.25) is 0 Å². The Morgan fingerprint density at radius 1 is 1.28 bits per heavy atom. The largest absolute Gasteiger partial charge is 0.334 e. The number of pyridine rings is 1. The summed E-state index contributed by atoms with van der Waals surface area (Å²) in [6.45, 7) is 5.01. The molecule has 2 heterocycles. The van der Waals surface area contributed by atoms with Crippen LogP contribution in [0.3, 0.4) is 0 Å². The van der Waals surface area contributed by atoms with Crippen molar-refractivity contribution in [1.82, 2.24) is 14.8 Å². The minimum absolute atomic E-state index is 0.365. The lowest BCUT2D eigenvalue weighted by Gasteiger charge is -2.34. The number of aromatic nitrogens is 1. The summed E-state index contributed by atoms with van der Waals surface area (Å²) in [5.74, 6) is -0.744. The lowest BCUT2D eigenvalue weighted by Crippen LogP contribution is -2.49. The second-order valence-electron chi connectivity index (χ2n) is 4.49. The third kappa shape index (κ3) is 3.13. The Hall–Kier alpha value is -1.75. The van der Waals surface area contributed by atoms with Gasteiger partial charge in [0.2, 0.25) is 5.78 Å². The maximum Gasteiger partial charge on any atom is 0.289 e. The molecule has 0 saturated carbocycles. The van der Waals surface area contributed by atoms with Gasteiger partial charge in [0, 0.05) is 52.0 Å². The van der Waals surface area contributed by atoms with Gasteiger partial charge in [-0.15, -0.1) is 0 Å². The lowest BCUT2D eigenvalue weighted by atomic mass is 10.2. The standard InChI is InChI=1S/C13H17N3O2/c1-11(17)13(18)16-7-5-15(6-8-16)10-12-3-2-4-14-9-12/h2-4,9H,5-8,10H2,1H3. The van der Waals surface area contributed by atoms with Gasteiger partial charge < -0.3 is 4.90 Å². The Morgan fingerprint density at radius 3 is 2.56 bits per heavy atom. The second-order valence-corrected chi connectivity index (χ2v) is 4.49. The van der Waals surface area contributed by atoms with Gasteiger partial charge in [-0.05, 0) is 11.6 Å². The minimum Gasteiger partial charge on any atom is -0.334 e. The van der Waals surface area contributed by atoms with E-state index < -0.39 is 0 Å². The predicted octanol–water partition coefficient (Wildman–Crippen LogP) is 0.315. The third-order valence-electron chi connectivity index (χ3n) is 3.09. The van der Waals surface area contributed by atoms with E-state index in [4.69, 9.17) is 0 Å². The third-order valence-corrected chi connectivity index (χ3v) is 3.09. The zero-order valence-corrected chi connectivity index (χ0v) is 10.5. The molecule has 0 aromatic carbocycles. The van der Waals surface area contributed by atoms with E-state index in [-0.39, 0.29) is 11.7 Å². The highest BCUT2D eigenvalue weighted by molar-refractivity contribution is 6.35. The van der Waals surface area contributed by atoms with Crippen LogP contribution in [0, 0.1) is 0 Å². The first-order valence-corrected chi connectivity index (χ1v) is 6.08. The predicted molar refractivity (Wildman–Crippen MR) is 66.8 cm³/mol. The van der Waals surface area contributed by atoms with Gasteiger partial charge in [0.25, 0.3) is 5.91 Å². The van der Waals surface area contributed by atoms with E-state index >= 15 is 0 Å². The van der Waals surface area contributed by atoms with Gasteiger partial charge in [0.1, 0.15) is 0 Å². The first-order valence-electron chi connectivity index (χ1n) is 6.08. The number of hydrogen-bond donors (Lipinski definition) is 0. The van der Waals surface area contributed by atoms with E-state index in [9.17, 15) is 9.59 Å². The summed E-state index contributed by atoms with van der Waals surface area (Å²) in [6.07, 6.45) is 3.61. The van der Waals surface area contributed by atoms with Crippen molar-refractivity contribution >= 4 is 11.7 Å². The molecule has 0 N–H and O–H groups in total. The molecule has 0 aliphatic carbocycles. The summed E-state index contributed by atoms with van der Waals surface area (Å²) in [7, 11) is 0. The van der Waals surface area contributed by atoms with Crippen LogP contribution in [0.1, 0.15) is 12.5 Å². The van der Waals surface area contributed by atoms with Crippen LogP contribution in [0.5, 0.6) is 0 Å². The second kappa shape index (κ2) is 5.73. The number of carbonyl (C=O) groups excluding carboxylic acids is 2. The highest BCUT2D eigenvalue weighted by Crippen LogP contribution is 2.07. The van der Waals surface area contributed by atoms with E-state index in [0.717, 1.165) is 19.6 Å². The maximum atomic E-state index is 11.5. The number of ketones is 1. The molecule has 0 atom stereocenters. The lowest BCUT2D eigenvalue weighted by molar-refractivity contribution is -0.144. The topological polar surface area (TPSA) is 53.5 Å². The summed E-state index contributed by atoms with van der Waals surface area (Å²) in [6, 6.07) is 3.96. The molecule has 0 bridgehead atoms. The molecule has 5 nitrogen and oxygen atoms in total. The summed E-state index contributed by atoms with van der Waals surface area (Å²) in [4.78, 5) is 30.5. The molecule has 1 aromatic heterocycles. The van der Waals surface area contributed by atoms with Crippen molar-refractivity contribution < 1.29 is 9.59 Å². The van der Waals surface area contributed by atoms with Gasteiger partial charge >= 0.3 is 0 Å². The molecule has 18 heavy (non-hydrogen) atoms. The van der Waals surface area contributed by atoms with Crippen molar-refractivity contribution in [3.8, 4) is 0 Å². The van der Waals surface area contributed by atoms with Crippen LogP contribution >= 0.6 is 0 Å².